The number of allylic oxidation sites excluding steroid dienone is 3. The van der Waals surface area contributed by atoms with Crippen molar-refractivity contribution in [2.75, 3.05) is 50.8 Å². The zero-order valence-electron chi connectivity index (χ0n) is 48.4. The van der Waals surface area contributed by atoms with Crippen LogP contribution in [0.15, 0.2) is 77.5 Å². The van der Waals surface area contributed by atoms with Crippen LogP contribution >= 0.6 is 33.2 Å². The van der Waals surface area contributed by atoms with Gasteiger partial charge in [0.15, 0.2) is 5.72 Å². The van der Waals surface area contributed by atoms with Gasteiger partial charge < -0.3 is 44.3 Å². The summed E-state index contributed by atoms with van der Waals surface area (Å²) in [6.45, 7) is 12.4. The number of amides is 7. The second-order valence-corrected chi connectivity index (χ2v) is 25.0. The van der Waals surface area contributed by atoms with Gasteiger partial charge in [-0.2, -0.15) is 5.10 Å². The van der Waals surface area contributed by atoms with Crippen LogP contribution in [0.5, 0.6) is 5.75 Å². The number of carbonyl (C=O) groups excluding carboxylic acids is 8. The Morgan fingerprint density at radius 3 is 2.35 bits per heavy atom. The summed E-state index contributed by atoms with van der Waals surface area (Å²) in [5.41, 5.74) is 4.49. The molecule has 4 bridgehead atoms. The molecule has 0 spiro atoms. The Morgan fingerprint density at radius 2 is 1.70 bits per heavy atom. The molecule has 1 fully saturated rings. The summed E-state index contributed by atoms with van der Waals surface area (Å²) in [5, 5.41) is 33.6. The number of anilines is 2. The molecule has 7 amide bonds. The fourth-order valence-corrected chi connectivity index (χ4v) is 12.2. The smallest absolute Gasteiger partial charge is 0.409 e. The van der Waals surface area contributed by atoms with Gasteiger partial charge in [0.1, 0.15) is 35.1 Å². The van der Waals surface area contributed by atoms with E-state index in [1.807, 2.05) is 26.8 Å². The lowest BCUT2D eigenvalue weighted by molar-refractivity contribution is -0.167. The monoisotopic (exact) mass is 1200 g/mol. The summed E-state index contributed by atoms with van der Waals surface area (Å²) in [4.78, 5) is 108. The number of hydrogen-bond donors (Lipinski definition) is 5. The fourth-order valence-electron chi connectivity index (χ4n) is 9.38. The summed E-state index contributed by atoms with van der Waals surface area (Å²) >= 11 is 6.81. The molecule has 448 valence electrons. The van der Waals surface area contributed by atoms with Crippen molar-refractivity contribution < 1.29 is 67.5 Å². The van der Waals surface area contributed by atoms with Gasteiger partial charge in [-0.15, -0.1) is 0 Å². The summed E-state index contributed by atoms with van der Waals surface area (Å²) < 4.78 is 22.3. The molecule has 5 rings (SSSR count). The summed E-state index contributed by atoms with van der Waals surface area (Å²) in [6.07, 6.45) is 4.01. The van der Waals surface area contributed by atoms with Gasteiger partial charge in [0, 0.05) is 93.6 Å². The average molecular weight is 1200 g/mol. The number of halogens is 1. The maximum Gasteiger partial charge on any atom is 0.409 e. The molecule has 0 saturated carbocycles. The number of nitrogens with one attached hydrogen (secondary N) is 3. The van der Waals surface area contributed by atoms with E-state index in [9.17, 15) is 48.6 Å². The Labute approximate surface area is 492 Å². The third-order valence-electron chi connectivity index (χ3n) is 14.6. The number of carbonyl (C=O) groups is 8. The minimum Gasteiger partial charge on any atom is -0.495 e. The molecule has 2 aromatic rings. The summed E-state index contributed by atoms with van der Waals surface area (Å²) in [6, 6.07) is 9.40. The van der Waals surface area contributed by atoms with Gasteiger partial charge in [-0.25, -0.2) is 15.0 Å². The Hall–Kier alpha value is -6.24. The van der Waals surface area contributed by atoms with Crippen LogP contribution in [-0.2, 0) is 54.2 Å². The molecule has 82 heavy (non-hydrogen) atoms. The number of aliphatic hydroxyl groups excluding tert-OH is 1. The highest BCUT2D eigenvalue weighted by Gasteiger charge is 2.49. The number of fused-ring (bicyclic) bond motifs is 4. The predicted octanol–water partition coefficient (Wildman–Crippen LogP) is 7.26. The molecule has 21 nitrogen and oxygen atoms in total. The van der Waals surface area contributed by atoms with Crippen molar-refractivity contribution in [3.8, 4) is 5.75 Å². The highest BCUT2D eigenvalue weighted by Crippen LogP contribution is 2.40. The Balaban J connectivity index is 1.15. The zero-order chi connectivity index (χ0) is 60.6. The second-order valence-electron chi connectivity index (χ2n) is 21.5. The lowest BCUT2D eigenvalue weighted by Crippen LogP contribution is -2.64. The number of unbranched alkanes of at least 4 members (excludes halogenated alkanes) is 2. The van der Waals surface area contributed by atoms with E-state index in [1.165, 1.54) is 83.7 Å². The van der Waals surface area contributed by atoms with E-state index in [-0.39, 0.29) is 60.2 Å². The van der Waals surface area contributed by atoms with Gasteiger partial charge in [-0.05, 0) is 89.3 Å². The fraction of sp³-hybridized carbons (Fsp3) is 0.534. The van der Waals surface area contributed by atoms with Crippen LogP contribution in [0.25, 0.3) is 0 Å². The van der Waals surface area contributed by atoms with E-state index in [0.717, 1.165) is 16.7 Å². The third kappa shape index (κ3) is 18.6. The van der Waals surface area contributed by atoms with Crippen LogP contribution in [-0.4, -0.2) is 155 Å². The van der Waals surface area contributed by atoms with Crippen LogP contribution < -0.4 is 25.7 Å². The lowest BCUT2D eigenvalue weighted by Gasteiger charge is -2.43. The van der Waals surface area contributed by atoms with Crippen LogP contribution in [0.3, 0.4) is 0 Å². The van der Waals surface area contributed by atoms with Crippen molar-refractivity contribution in [3.05, 3.63) is 88.5 Å². The quantitative estimate of drug-likeness (QED) is 0.0205. The Kier molecular flexibility index (Phi) is 24.6. The van der Waals surface area contributed by atoms with Gasteiger partial charge in [0.25, 0.3) is 11.8 Å². The molecule has 0 radical (unpaired) electrons. The molecule has 0 aliphatic carbocycles. The first-order valence-corrected chi connectivity index (χ1v) is 29.8. The molecule has 3 aliphatic heterocycles. The van der Waals surface area contributed by atoms with Crippen LogP contribution in [0.1, 0.15) is 111 Å². The van der Waals surface area contributed by atoms with E-state index in [1.54, 1.807) is 69.3 Å². The molecule has 0 unspecified atom stereocenters. The van der Waals surface area contributed by atoms with Gasteiger partial charge in [-0.3, -0.25) is 39.0 Å². The average Bonchev–Trinajstić information content (AvgIpc) is 3.75. The van der Waals surface area contributed by atoms with Crippen LogP contribution in [0.4, 0.5) is 16.2 Å². The molecular weight excluding hydrogens is 1120 g/mol. The first-order valence-electron chi connectivity index (χ1n) is 27.1. The number of nitrogens with zero attached hydrogens (tertiary/aromatic N) is 4. The van der Waals surface area contributed by atoms with Crippen molar-refractivity contribution in [1.29, 1.82) is 0 Å². The first-order chi connectivity index (χ1) is 38.7. The predicted molar refractivity (Wildman–Crippen MR) is 316 cm³/mol. The molecule has 24 heteroatoms. The number of benzene rings is 2. The highest BCUT2D eigenvalue weighted by atomic mass is 35.5. The number of alkyl carbamates (subject to hydrolysis) is 1. The Morgan fingerprint density at radius 1 is 1.01 bits per heavy atom. The number of esters is 1. The maximum absolute atomic E-state index is 14.3. The van der Waals surface area contributed by atoms with Crippen molar-refractivity contribution in [1.82, 2.24) is 20.5 Å². The van der Waals surface area contributed by atoms with E-state index in [0.29, 0.717) is 60.8 Å². The number of rotatable bonds is 21. The number of hydrazone groups is 1. The molecule has 2 aromatic carbocycles. The molecule has 5 N–H and O–H groups in total. The number of imide groups is 1. The number of ether oxygens (including phenoxy) is 4. The number of likely N-dealkylation sites (N-methyl/N-ethyl adjacent to an activating group) is 1. The van der Waals surface area contributed by atoms with E-state index in [2.05, 4.69) is 21.2 Å². The van der Waals surface area contributed by atoms with Crippen molar-refractivity contribution in [2.45, 2.75) is 147 Å². The summed E-state index contributed by atoms with van der Waals surface area (Å²) in [7, 11) is 8.64. The largest absolute Gasteiger partial charge is 0.495 e. The minimum atomic E-state index is -1.95. The molecule has 1 saturated heterocycles. The molecule has 8 atom stereocenters. The zero-order valence-corrected chi connectivity index (χ0v) is 50.8. The SMILES string of the molecule is COc1cc2cc(c1Cl)N(C)C(=O)C[C@H](OC(=O)[C@H](C)N(C)C(=O)CCSSC(C)(C)CC(=O)N/N=C(/C)c1ccc(NC(=O)CCCCCN3C(=O)C=CC3=O)cc1)[C@@H](C)[C@@H](O)[C@H](C)[C@@H]1C[C@@](O)(NC(=O)O1)[C@H](OC)/C=C/C=C(\C)C2. The maximum atomic E-state index is 14.3. The van der Waals surface area contributed by atoms with Gasteiger partial charge in [0.05, 0.1) is 31.0 Å². The second kappa shape index (κ2) is 30.4. The van der Waals surface area contributed by atoms with E-state index in [4.69, 9.17) is 30.5 Å². The minimum absolute atomic E-state index is 0.0321. The van der Waals surface area contributed by atoms with Crippen LogP contribution in [0.2, 0.25) is 5.02 Å². The number of aliphatic hydroxyl groups is 2. The normalized spacial score (nSPS) is 24.2. The van der Waals surface area contributed by atoms with Crippen molar-refractivity contribution in [3.63, 3.8) is 0 Å². The highest BCUT2D eigenvalue weighted by molar-refractivity contribution is 8.77. The summed E-state index contributed by atoms with van der Waals surface area (Å²) in [5.74, 6) is -4.06. The molecule has 3 heterocycles. The molecule has 0 aromatic heterocycles. The van der Waals surface area contributed by atoms with Crippen LogP contribution in [0, 0.1) is 11.8 Å². The van der Waals surface area contributed by atoms with Crippen molar-refractivity contribution in [2.24, 2.45) is 16.9 Å². The van der Waals surface area contributed by atoms with Gasteiger partial charge >= 0.3 is 12.1 Å². The number of methoxy groups -OCH3 is 2. The standard InChI is InChI=1S/C58H78ClN7O14S2/c1-34-16-15-17-46(78-11)58(76)32-45(80-56(75)61-58)36(3)54(73)35(2)43(31-52(72)65(9)42-29-39(28-34)30-44(77-10)53(42)59)79-55(74)38(5)64(8)49(69)25-27-81-82-57(6,7)33-48(68)63-62-37(4)40-19-21-41(22-20-40)60-47(67)18-13-12-14-26-66-50(70)23-24-51(66)71/h15-17,19-24,29-30,35-36,38,43,45-46,54,73,76H,12-14,18,25-28,31-33H2,1-11H3,(H,60,67)(H,61,75)(H,63,68)/b17-15+,34-16+,62-37-/t35-,36-,38+,43+,45+,46-,54-,58+/m1/s1. The number of hydrogen-bond acceptors (Lipinski definition) is 17. The molecule has 3 aliphatic rings. The Bertz CT molecular complexity index is 2780. The van der Waals surface area contributed by atoms with Gasteiger partial charge in [0.2, 0.25) is 23.6 Å². The first kappa shape index (κ1) is 66.6. The lowest BCUT2D eigenvalue weighted by atomic mass is 9.81. The van der Waals surface area contributed by atoms with E-state index < -0.39 is 77.2 Å². The topological polar surface area (TPSA) is 272 Å². The molecular formula is C58H78ClN7O14S2. The van der Waals surface area contributed by atoms with E-state index >= 15 is 0 Å². The van der Waals surface area contributed by atoms with Gasteiger partial charge in [-0.1, -0.05) is 89.4 Å². The van der Waals surface area contributed by atoms with Crippen molar-refractivity contribution >= 4 is 97.8 Å². The third-order valence-corrected chi connectivity index (χ3v) is 18.3.